The van der Waals surface area contributed by atoms with Crippen molar-refractivity contribution < 1.29 is 18.3 Å². The van der Waals surface area contributed by atoms with Crippen molar-refractivity contribution in [2.75, 3.05) is 22.4 Å². The summed E-state index contributed by atoms with van der Waals surface area (Å²) in [6, 6.07) is 14.4. The number of carbonyl (C=O) groups is 1. The van der Waals surface area contributed by atoms with Gasteiger partial charge in [-0.15, -0.1) is 0 Å². The number of unbranched alkanes of at least 4 members (excludes halogenated alkanes) is 1. The van der Waals surface area contributed by atoms with E-state index in [1.54, 1.807) is 6.07 Å². The molecule has 0 spiro atoms. The second kappa shape index (κ2) is 8.71. The summed E-state index contributed by atoms with van der Waals surface area (Å²) in [5.74, 6) is -1.10. The van der Waals surface area contributed by atoms with Crippen LogP contribution in [-0.4, -0.2) is 32.3 Å². The Morgan fingerprint density at radius 3 is 2.42 bits per heavy atom. The molecule has 0 aliphatic rings. The van der Waals surface area contributed by atoms with Crippen LogP contribution in [0.2, 0.25) is 0 Å². The Labute approximate surface area is 154 Å². The van der Waals surface area contributed by atoms with Gasteiger partial charge in [-0.2, -0.15) is 0 Å². The Balaban J connectivity index is 2.45. The number of nitrogens with zero attached hydrogens (tertiary/aromatic N) is 1. The van der Waals surface area contributed by atoms with E-state index in [-0.39, 0.29) is 11.3 Å². The second-order valence-electron chi connectivity index (χ2n) is 6.17. The molecule has 2 rings (SSSR count). The van der Waals surface area contributed by atoms with E-state index in [4.69, 9.17) is 0 Å². The zero-order valence-electron chi connectivity index (χ0n) is 15.0. The Kier molecular flexibility index (Phi) is 6.63. The molecule has 0 bridgehead atoms. The van der Waals surface area contributed by atoms with E-state index in [1.807, 2.05) is 30.3 Å². The highest BCUT2D eigenvalue weighted by Crippen LogP contribution is 2.30. The van der Waals surface area contributed by atoms with Crippen molar-refractivity contribution in [3.05, 3.63) is 59.7 Å². The molecule has 0 aliphatic carbocycles. The van der Waals surface area contributed by atoms with E-state index in [9.17, 15) is 18.3 Å². The molecule has 0 amide bonds. The predicted molar refractivity (Wildman–Crippen MR) is 104 cm³/mol. The van der Waals surface area contributed by atoms with Crippen LogP contribution >= 0.6 is 0 Å². The number of hydrogen-bond acceptors (Lipinski definition) is 4. The van der Waals surface area contributed by atoms with Crippen molar-refractivity contribution in [2.24, 2.45) is 0 Å². The van der Waals surface area contributed by atoms with Gasteiger partial charge in [0, 0.05) is 13.1 Å². The van der Waals surface area contributed by atoms with Crippen LogP contribution in [0.4, 0.5) is 11.4 Å². The number of aromatic carboxylic acids is 1. The van der Waals surface area contributed by atoms with Gasteiger partial charge in [0.05, 0.1) is 23.2 Å². The summed E-state index contributed by atoms with van der Waals surface area (Å²) in [5, 5.41) is 9.22. The summed E-state index contributed by atoms with van der Waals surface area (Å²) in [5.41, 5.74) is 2.07. The lowest BCUT2D eigenvalue weighted by atomic mass is 10.1. The van der Waals surface area contributed by atoms with Crippen molar-refractivity contribution in [1.29, 1.82) is 0 Å². The number of nitrogens with one attached hydrogen (secondary N) is 1. The summed E-state index contributed by atoms with van der Waals surface area (Å²) in [7, 11) is -3.54. The molecule has 0 aliphatic heterocycles. The fourth-order valence-corrected chi connectivity index (χ4v) is 3.23. The molecule has 2 aromatic carbocycles. The van der Waals surface area contributed by atoms with Crippen molar-refractivity contribution in [1.82, 2.24) is 0 Å². The maximum atomic E-state index is 11.8. The molecule has 2 N–H and O–H groups in total. The molecule has 0 saturated carbocycles. The number of rotatable bonds is 9. The van der Waals surface area contributed by atoms with E-state index in [0.717, 1.165) is 31.2 Å². The SMILES string of the molecule is CCCCN(Cc1ccccc1)c1ccc(C(=O)O)cc1NS(C)(=O)=O. The van der Waals surface area contributed by atoms with Gasteiger partial charge in [-0.25, -0.2) is 13.2 Å². The fourth-order valence-electron chi connectivity index (χ4n) is 2.66. The lowest BCUT2D eigenvalue weighted by Gasteiger charge is -2.27. The van der Waals surface area contributed by atoms with Crippen LogP contribution in [0.15, 0.2) is 48.5 Å². The smallest absolute Gasteiger partial charge is 0.335 e. The van der Waals surface area contributed by atoms with Gasteiger partial charge in [-0.3, -0.25) is 4.72 Å². The maximum Gasteiger partial charge on any atom is 0.335 e. The average molecular weight is 376 g/mol. The Morgan fingerprint density at radius 2 is 1.85 bits per heavy atom. The van der Waals surface area contributed by atoms with Gasteiger partial charge in [0.15, 0.2) is 0 Å². The number of sulfonamides is 1. The van der Waals surface area contributed by atoms with E-state index in [1.165, 1.54) is 12.1 Å². The molecule has 0 atom stereocenters. The zero-order valence-corrected chi connectivity index (χ0v) is 15.8. The molecule has 7 heteroatoms. The second-order valence-corrected chi connectivity index (χ2v) is 7.92. The standard InChI is InChI=1S/C19H24N2O4S/c1-3-4-12-21(14-15-8-6-5-7-9-15)18-11-10-16(19(22)23)13-17(18)20-26(2,24)25/h5-11,13,20H,3-4,12,14H2,1-2H3,(H,22,23). The highest BCUT2D eigenvalue weighted by molar-refractivity contribution is 7.92. The molecule has 6 nitrogen and oxygen atoms in total. The van der Waals surface area contributed by atoms with Gasteiger partial charge >= 0.3 is 5.97 Å². The van der Waals surface area contributed by atoms with E-state index in [2.05, 4.69) is 16.5 Å². The summed E-state index contributed by atoms with van der Waals surface area (Å²) < 4.78 is 26.0. The van der Waals surface area contributed by atoms with Crippen LogP contribution < -0.4 is 9.62 Å². The zero-order chi connectivity index (χ0) is 19.2. The number of carboxylic acid groups (broad SMARTS) is 1. The van der Waals surface area contributed by atoms with Gasteiger partial charge in [0.1, 0.15) is 0 Å². The molecule has 0 saturated heterocycles. The van der Waals surface area contributed by atoms with Gasteiger partial charge in [-0.05, 0) is 30.2 Å². The summed E-state index contributed by atoms with van der Waals surface area (Å²) in [6.07, 6.45) is 2.98. The van der Waals surface area contributed by atoms with Crippen LogP contribution in [0.3, 0.4) is 0 Å². The van der Waals surface area contributed by atoms with Crippen molar-refractivity contribution in [2.45, 2.75) is 26.3 Å². The van der Waals surface area contributed by atoms with Gasteiger partial charge in [0.2, 0.25) is 10.0 Å². The van der Waals surface area contributed by atoms with Crippen LogP contribution in [0.1, 0.15) is 35.7 Å². The maximum absolute atomic E-state index is 11.8. The lowest BCUT2D eigenvalue weighted by Crippen LogP contribution is -2.26. The van der Waals surface area contributed by atoms with E-state index in [0.29, 0.717) is 12.2 Å². The highest BCUT2D eigenvalue weighted by atomic mass is 32.2. The third-order valence-electron chi connectivity index (χ3n) is 3.88. The van der Waals surface area contributed by atoms with Gasteiger partial charge in [-0.1, -0.05) is 43.7 Å². The first kappa shape index (κ1) is 19.8. The summed E-state index contributed by atoms with van der Waals surface area (Å²) in [4.78, 5) is 13.3. The average Bonchev–Trinajstić information content (AvgIpc) is 2.58. The van der Waals surface area contributed by atoms with Crippen molar-refractivity contribution in [3.63, 3.8) is 0 Å². The van der Waals surface area contributed by atoms with Gasteiger partial charge < -0.3 is 10.0 Å². The molecule has 0 fully saturated rings. The Hall–Kier alpha value is -2.54. The topological polar surface area (TPSA) is 86.7 Å². The first-order valence-electron chi connectivity index (χ1n) is 8.44. The minimum atomic E-state index is -3.54. The first-order valence-corrected chi connectivity index (χ1v) is 10.3. The minimum Gasteiger partial charge on any atom is -0.478 e. The Bertz CT molecular complexity index is 851. The van der Waals surface area contributed by atoms with Crippen LogP contribution in [0.5, 0.6) is 0 Å². The fraction of sp³-hybridized carbons (Fsp3) is 0.316. The minimum absolute atomic E-state index is 0.0371. The van der Waals surface area contributed by atoms with Crippen LogP contribution in [0, 0.1) is 0 Å². The van der Waals surface area contributed by atoms with E-state index < -0.39 is 16.0 Å². The van der Waals surface area contributed by atoms with Gasteiger partial charge in [0.25, 0.3) is 0 Å². The number of hydrogen-bond donors (Lipinski definition) is 2. The van der Waals surface area contributed by atoms with Crippen molar-refractivity contribution >= 4 is 27.4 Å². The Morgan fingerprint density at radius 1 is 1.15 bits per heavy atom. The molecule has 0 unspecified atom stereocenters. The third-order valence-corrected chi connectivity index (χ3v) is 4.47. The first-order chi connectivity index (χ1) is 12.3. The molecule has 0 aromatic heterocycles. The number of carboxylic acids is 1. The molecule has 0 heterocycles. The molecule has 140 valence electrons. The normalized spacial score (nSPS) is 11.2. The molecule has 2 aromatic rings. The van der Waals surface area contributed by atoms with Crippen molar-refractivity contribution in [3.8, 4) is 0 Å². The van der Waals surface area contributed by atoms with Crippen LogP contribution in [-0.2, 0) is 16.6 Å². The molecular formula is C19H24N2O4S. The van der Waals surface area contributed by atoms with E-state index >= 15 is 0 Å². The largest absolute Gasteiger partial charge is 0.478 e. The quantitative estimate of drug-likeness (QED) is 0.699. The third kappa shape index (κ3) is 5.77. The summed E-state index contributed by atoms with van der Waals surface area (Å²) in [6.45, 7) is 3.42. The summed E-state index contributed by atoms with van der Waals surface area (Å²) >= 11 is 0. The lowest BCUT2D eigenvalue weighted by molar-refractivity contribution is 0.0697. The van der Waals surface area contributed by atoms with Crippen LogP contribution in [0.25, 0.3) is 0 Å². The molecule has 0 radical (unpaired) electrons. The molecular weight excluding hydrogens is 352 g/mol. The number of anilines is 2. The molecule has 26 heavy (non-hydrogen) atoms. The number of benzene rings is 2. The monoisotopic (exact) mass is 376 g/mol. The predicted octanol–water partition coefficient (Wildman–Crippen LogP) is 3.56. The highest BCUT2D eigenvalue weighted by Gasteiger charge is 2.17.